The molecule has 4 N–H and O–H groups in total. The molecule has 0 aliphatic rings. The molecule has 0 rings (SSSR count). The van der Waals surface area contributed by atoms with Gasteiger partial charge < -0.3 is 24.5 Å². The summed E-state index contributed by atoms with van der Waals surface area (Å²) in [7, 11) is -8.03. The Kier molecular flexibility index (Phi) is 5.83. The Hall–Kier alpha value is 0.260. The highest BCUT2D eigenvalue weighted by Crippen LogP contribution is 2.59. The van der Waals surface area contributed by atoms with Crippen LogP contribution in [0.5, 0.6) is 0 Å². The van der Waals surface area contributed by atoms with Crippen molar-refractivity contribution in [2.24, 2.45) is 5.92 Å². The van der Waals surface area contributed by atoms with E-state index in [9.17, 15) is 9.13 Å². The molecule has 0 atom stereocenters. The quantitative estimate of drug-likeness (QED) is 0.513. The van der Waals surface area contributed by atoms with Gasteiger partial charge in [0.1, 0.15) is 0 Å². The number of hydrogen-bond acceptors (Lipinski definition) is 3. The molecule has 98 valence electrons. The van der Waals surface area contributed by atoms with Crippen LogP contribution in [0, 0.1) is 5.92 Å². The van der Waals surface area contributed by atoms with Crippen molar-refractivity contribution in [2.75, 3.05) is 20.1 Å². The van der Waals surface area contributed by atoms with E-state index in [2.05, 4.69) is 0 Å². The first kappa shape index (κ1) is 16.3. The first-order valence-corrected chi connectivity index (χ1v) is 8.10. The standard InChI is InChI=1S/C7H19NO6P2/c1-6(2)4-8(3)5-7(15(9,10)11)16(12,13)14/h6-7H,4-5H2,1-3H3,(H2,9,10,11)(H2,12,13,14). The highest BCUT2D eigenvalue weighted by atomic mass is 31.2. The molecule has 0 aliphatic heterocycles. The summed E-state index contributed by atoms with van der Waals surface area (Å²) in [4.78, 5) is 37.1. The van der Waals surface area contributed by atoms with Gasteiger partial charge in [0.25, 0.3) is 0 Å². The summed E-state index contributed by atoms with van der Waals surface area (Å²) in [6.45, 7) is 3.99. The third kappa shape index (κ3) is 6.11. The Morgan fingerprint density at radius 1 is 1.00 bits per heavy atom. The minimum absolute atomic E-state index is 0.249. The molecule has 7 nitrogen and oxygen atoms in total. The van der Waals surface area contributed by atoms with Crippen LogP contribution in [0.3, 0.4) is 0 Å². The van der Waals surface area contributed by atoms with Crippen molar-refractivity contribution in [1.29, 1.82) is 0 Å². The summed E-state index contributed by atoms with van der Waals surface area (Å²) in [6.07, 6.45) is 0. The van der Waals surface area contributed by atoms with E-state index in [0.29, 0.717) is 6.54 Å². The Morgan fingerprint density at radius 2 is 1.38 bits per heavy atom. The van der Waals surface area contributed by atoms with Gasteiger partial charge in [0.05, 0.1) is 0 Å². The van der Waals surface area contributed by atoms with E-state index < -0.39 is 20.6 Å². The van der Waals surface area contributed by atoms with E-state index in [1.54, 1.807) is 7.05 Å². The molecule has 0 unspecified atom stereocenters. The van der Waals surface area contributed by atoms with Crippen molar-refractivity contribution in [3.63, 3.8) is 0 Å². The van der Waals surface area contributed by atoms with Gasteiger partial charge in [0.15, 0.2) is 5.40 Å². The zero-order valence-corrected chi connectivity index (χ0v) is 11.3. The van der Waals surface area contributed by atoms with Gasteiger partial charge in [0.2, 0.25) is 0 Å². The van der Waals surface area contributed by atoms with Gasteiger partial charge in [-0.25, -0.2) is 0 Å². The van der Waals surface area contributed by atoms with E-state index in [0.717, 1.165) is 0 Å². The molecule has 0 spiro atoms. The molecule has 0 aromatic heterocycles. The van der Waals surface area contributed by atoms with Crippen LogP contribution in [-0.2, 0) is 9.13 Å². The molecule has 0 aromatic carbocycles. The van der Waals surface area contributed by atoms with E-state index in [1.165, 1.54) is 4.90 Å². The molecule has 9 heteroatoms. The van der Waals surface area contributed by atoms with Gasteiger partial charge in [-0.1, -0.05) is 13.8 Å². The highest BCUT2D eigenvalue weighted by Gasteiger charge is 2.43. The van der Waals surface area contributed by atoms with Crippen LogP contribution >= 0.6 is 15.2 Å². The fourth-order valence-electron chi connectivity index (χ4n) is 1.39. The lowest BCUT2D eigenvalue weighted by atomic mass is 10.2. The first-order valence-electron chi connectivity index (χ1n) is 4.73. The lowest BCUT2D eigenvalue weighted by molar-refractivity contribution is 0.274. The second-order valence-corrected chi connectivity index (χ2v) is 8.28. The lowest BCUT2D eigenvalue weighted by Gasteiger charge is -2.26. The number of rotatable bonds is 6. The first-order chi connectivity index (χ1) is 6.94. The predicted molar refractivity (Wildman–Crippen MR) is 60.2 cm³/mol. The fourth-order valence-corrected chi connectivity index (χ4v) is 3.94. The maximum atomic E-state index is 11.0. The maximum absolute atomic E-state index is 11.0. The summed E-state index contributed by atoms with van der Waals surface area (Å²) >= 11 is 0. The Labute approximate surface area is 94.8 Å². The summed E-state index contributed by atoms with van der Waals surface area (Å²) in [6, 6.07) is 0. The summed E-state index contributed by atoms with van der Waals surface area (Å²) in [5.41, 5.74) is 0. The molecular formula is C7H19NO6P2. The topological polar surface area (TPSA) is 118 Å². The van der Waals surface area contributed by atoms with Gasteiger partial charge in [-0.2, -0.15) is 0 Å². The SMILES string of the molecule is CC(C)CN(C)CC(P(=O)(O)O)P(=O)(O)O. The molecule has 0 aromatic rings. The molecule has 0 saturated heterocycles. The molecule has 0 saturated carbocycles. The second-order valence-electron chi connectivity index (χ2n) is 4.27. The number of nitrogens with zero attached hydrogens (tertiary/aromatic N) is 1. The van der Waals surface area contributed by atoms with Crippen LogP contribution in [0.25, 0.3) is 0 Å². The van der Waals surface area contributed by atoms with Gasteiger partial charge >= 0.3 is 15.2 Å². The molecule has 0 aliphatic carbocycles. The van der Waals surface area contributed by atoms with Gasteiger partial charge in [-0.15, -0.1) is 0 Å². The van der Waals surface area contributed by atoms with Crippen LogP contribution in [0.4, 0.5) is 0 Å². The van der Waals surface area contributed by atoms with Crippen LogP contribution in [-0.4, -0.2) is 50.0 Å². The second kappa shape index (κ2) is 5.74. The summed E-state index contributed by atoms with van der Waals surface area (Å²) in [5.74, 6) is 0.249. The van der Waals surface area contributed by atoms with Crippen LogP contribution in [0.15, 0.2) is 0 Å². The van der Waals surface area contributed by atoms with Crippen molar-refractivity contribution >= 4 is 15.2 Å². The Morgan fingerprint density at radius 3 is 1.62 bits per heavy atom. The zero-order valence-electron chi connectivity index (χ0n) is 9.52. The lowest BCUT2D eigenvalue weighted by Crippen LogP contribution is -2.32. The van der Waals surface area contributed by atoms with Crippen molar-refractivity contribution in [1.82, 2.24) is 4.90 Å². The van der Waals surface area contributed by atoms with E-state index in [4.69, 9.17) is 19.6 Å². The van der Waals surface area contributed by atoms with Crippen molar-refractivity contribution in [2.45, 2.75) is 19.2 Å². The van der Waals surface area contributed by atoms with Gasteiger partial charge in [-0.3, -0.25) is 9.13 Å². The van der Waals surface area contributed by atoms with Crippen LogP contribution in [0.1, 0.15) is 13.8 Å². The normalized spacial score (nSPS) is 14.1. The molecule has 0 radical (unpaired) electrons. The van der Waals surface area contributed by atoms with E-state index in [1.807, 2.05) is 13.8 Å². The molecule has 0 bridgehead atoms. The van der Waals surface area contributed by atoms with Gasteiger partial charge in [-0.05, 0) is 13.0 Å². The van der Waals surface area contributed by atoms with Crippen LogP contribution < -0.4 is 0 Å². The smallest absolute Gasteiger partial charge is 0.324 e. The average Bonchev–Trinajstić information content (AvgIpc) is 1.94. The monoisotopic (exact) mass is 275 g/mol. The maximum Gasteiger partial charge on any atom is 0.342 e. The Bertz CT molecular complexity index is 286. The molecular weight excluding hydrogens is 256 g/mol. The predicted octanol–water partition coefficient (Wildman–Crippen LogP) is 0.256. The average molecular weight is 275 g/mol. The minimum Gasteiger partial charge on any atom is -0.324 e. The summed E-state index contributed by atoms with van der Waals surface area (Å²) < 4.78 is 21.9. The molecule has 16 heavy (non-hydrogen) atoms. The zero-order chi connectivity index (χ0) is 13.1. The van der Waals surface area contributed by atoms with E-state index >= 15 is 0 Å². The molecule has 0 amide bonds. The fraction of sp³-hybridized carbons (Fsp3) is 1.00. The van der Waals surface area contributed by atoms with Crippen molar-refractivity contribution < 1.29 is 28.7 Å². The number of hydrogen-bond donors (Lipinski definition) is 4. The van der Waals surface area contributed by atoms with Crippen molar-refractivity contribution in [3.05, 3.63) is 0 Å². The van der Waals surface area contributed by atoms with Gasteiger partial charge in [0, 0.05) is 13.1 Å². The summed E-state index contributed by atoms with van der Waals surface area (Å²) in [5, 5.41) is -1.94. The minimum atomic E-state index is -4.80. The largest absolute Gasteiger partial charge is 0.342 e. The molecule has 0 fully saturated rings. The third-order valence-corrected chi connectivity index (χ3v) is 5.61. The highest BCUT2D eigenvalue weighted by molar-refractivity contribution is 7.70. The van der Waals surface area contributed by atoms with Crippen molar-refractivity contribution in [3.8, 4) is 0 Å². The van der Waals surface area contributed by atoms with Crippen LogP contribution in [0.2, 0.25) is 0 Å². The molecule has 0 heterocycles. The van der Waals surface area contributed by atoms with E-state index in [-0.39, 0.29) is 12.5 Å². The Balaban J connectivity index is 4.72. The third-order valence-electron chi connectivity index (χ3n) is 1.93.